The van der Waals surface area contributed by atoms with Crippen LogP contribution in [0.1, 0.15) is 24.8 Å². The summed E-state index contributed by atoms with van der Waals surface area (Å²) in [6, 6.07) is 5.90. The fraction of sp³-hybridized carbons (Fsp3) is 0.538. The molecule has 0 aliphatic heterocycles. The third kappa shape index (κ3) is 2.54. The number of aryl methyl sites for hydroxylation is 1. The largest absolute Gasteiger partial charge is 0.491 e. The first-order chi connectivity index (χ1) is 7.65. The van der Waals surface area contributed by atoms with Crippen LogP contribution in [0.15, 0.2) is 18.2 Å². The minimum absolute atomic E-state index is 0.340. The van der Waals surface area contributed by atoms with Gasteiger partial charge in [0.1, 0.15) is 5.75 Å². The van der Waals surface area contributed by atoms with Crippen molar-refractivity contribution in [2.24, 2.45) is 5.41 Å². The van der Waals surface area contributed by atoms with Crippen LogP contribution >= 0.6 is 27.5 Å². The molecule has 0 amide bonds. The van der Waals surface area contributed by atoms with Crippen LogP contribution in [0.5, 0.6) is 5.75 Å². The van der Waals surface area contributed by atoms with Gasteiger partial charge in [0.05, 0.1) is 11.6 Å². The fourth-order valence-electron chi connectivity index (χ4n) is 1.95. The smallest absolute Gasteiger partial charge is 0.138 e. The van der Waals surface area contributed by atoms with Crippen LogP contribution in [0, 0.1) is 12.3 Å². The summed E-state index contributed by atoms with van der Waals surface area (Å²) in [5, 5.41) is 1.72. The fourth-order valence-corrected chi connectivity index (χ4v) is 2.84. The maximum absolute atomic E-state index is 6.09. The molecule has 88 valence electrons. The van der Waals surface area contributed by atoms with Gasteiger partial charge in [-0.05, 0) is 37.5 Å². The highest BCUT2D eigenvalue weighted by Gasteiger charge is 2.36. The van der Waals surface area contributed by atoms with Crippen molar-refractivity contribution in [2.45, 2.75) is 26.2 Å². The van der Waals surface area contributed by atoms with E-state index in [1.54, 1.807) is 0 Å². The molecule has 0 heterocycles. The second-order valence-electron chi connectivity index (χ2n) is 4.71. The van der Waals surface area contributed by atoms with Gasteiger partial charge in [-0.1, -0.05) is 40.0 Å². The van der Waals surface area contributed by atoms with Crippen molar-refractivity contribution in [3.8, 4) is 5.75 Å². The molecule has 0 atom stereocenters. The summed E-state index contributed by atoms with van der Waals surface area (Å²) in [5.74, 6) is 0.814. The van der Waals surface area contributed by atoms with E-state index in [1.165, 1.54) is 24.8 Å². The van der Waals surface area contributed by atoms with Crippen LogP contribution in [-0.4, -0.2) is 11.9 Å². The second-order valence-corrected chi connectivity index (χ2v) is 5.68. The van der Waals surface area contributed by atoms with E-state index >= 15 is 0 Å². The van der Waals surface area contributed by atoms with E-state index in [-0.39, 0.29) is 0 Å². The van der Waals surface area contributed by atoms with Crippen molar-refractivity contribution in [3.05, 3.63) is 28.8 Å². The zero-order valence-corrected chi connectivity index (χ0v) is 11.8. The number of alkyl halides is 1. The Balaban J connectivity index is 2.01. The highest BCUT2D eigenvalue weighted by molar-refractivity contribution is 9.09. The molecule has 0 saturated heterocycles. The van der Waals surface area contributed by atoms with Gasteiger partial charge in [-0.15, -0.1) is 0 Å². The zero-order valence-electron chi connectivity index (χ0n) is 9.43. The van der Waals surface area contributed by atoms with E-state index in [0.717, 1.165) is 17.7 Å². The lowest BCUT2D eigenvalue weighted by molar-refractivity contribution is 0.0838. The van der Waals surface area contributed by atoms with E-state index in [2.05, 4.69) is 15.9 Å². The first kappa shape index (κ1) is 12.3. The number of rotatable bonds is 4. The summed E-state index contributed by atoms with van der Waals surface area (Å²) >= 11 is 9.67. The summed E-state index contributed by atoms with van der Waals surface area (Å²) in [6.07, 6.45) is 3.82. The Morgan fingerprint density at radius 3 is 2.75 bits per heavy atom. The van der Waals surface area contributed by atoms with Crippen molar-refractivity contribution < 1.29 is 4.74 Å². The first-order valence-electron chi connectivity index (χ1n) is 5.60. The van der Waals surface area contributed by atoms with Gasteiger partial charge < -0.3 is 4.74 Å². The number of halogens is 2. The Morgan fingerprint density at radius 1 is 1.44 bits per heavy atom. The Kier molecular flexibility index (Phi) is 3.81. The monoisotopic (exact) mass is 302 g/mol. The molecule has 3 heteroatoms. The highest BCUT2D eigenvalue weighted by atomic mass is 79.9. The van der Waals surface area contributed by atoms with Crippen LogP contribution in [0.4, 0.5) is 0 Å². The summed E-state index contributed by atoms with van der Waals surface area (Å²) in [7, 11) is 0. The minimum Gasteiger partial charge on any atom is -0.491 e. The lowest BCUT2D eigenvalue weighted by Crippen LogP contribution is -2.37. The normalized spacial score (nSPS) is 17.9. The first-order valence-corrected chi connectivity index (χ1v) is 7.10. The summed E-state index contributed by atoms with van der Waals surface area (Å²) in [6.45, 7) is 2.81. The van der Waals surface area contributed by atoms with Crippen LogP contribution in [0.3, 0.4) is 0 Å². The molecule has 0 bridgehead atoms. The molecule has 16 heavy (non-hydrogen) atoms. The third-order valence-electron chi connectivity index (χ3n) is 3.32. The summed E-state index contributed by atoms with van der Waals surface area (Å²) in [4.78, 5) is 0. The van der Waals surface area contributed by atoms with E-state index in [0.29, 0.717) is 10.4 Å². The van der Waals surface area contributed by atoms with Crippen LogP contribution in [-0.2, 0) is 0 Å². The summed E-state index contributed by atoms with van der Waals surface area (Å²) in [5.41, 5.74) is 1.52. The average Bonchev–Trinajstić information content (AvgIpc) is 2.22. The predicted octanol–water partition coefficient (Wildman–Crippen LogP) is 4.59. The molecule has 0 radical (unpaired) electrons. The molecule has 1 nitrogen and oxygen atoms in total. The predicted molar refractivity (Wildman–Crippen MR) is 71.8 cm³/mol. The van der Waals surface area contributed by atoms with Crippen molar-refractivity contribution in [3.63, 3.8) is 0 Å². The molecule has 1 aliphatic rings. The van der Waals surface area contributed by atoms with Gasteiger partial charge in [0.2, 0.25) is 0 Å². The molecular formula is C13H16BrClO. The van der Waals surface area contributed by atoms with Crippen LogP contribution in [0.25, 0.3) is 0 Å². The molecule has 2 rings (SSSR count). The van der Waals surface area contributed by atoms with Gasteiger partial charge in [0.15, 0.2) is 0 Å². The number of hydrogen-bond donors (Lipinski definition) is 0. The van der Waals surface area contributed by atoms with Gasteiger partial charge in [0, 0.05) is 10.7 Å². The number of ether oxygens (including phenoxy) is 1. The molecule has 1 aromatic rings. The maximum Gasteiger partial charge on any atom is 0.138 e. The molecule has 1 aliphatic carbocycles. The van der Waals surface area contributed by atoms with Crippen molar-refractivity contribution >= 4 is 27.5 Å². The molecule has 0 unspecified atom stereocenters. The molecule has 0 spiro atoms. The van der Waals surface area contributed by atoms with Crippen molar-refractivity contribution in [1.29, 1.82) is 0 Å². The van der Waals surface area contributed by atoms with E-state index in [9.17, 15) is 0 Å². The Labute approximate surface area is 110 Å². The average molecular weight is 304 g/mol. The molecular weight excluding hydrogens is 287 g/mol. The van der Waals surface area contributed by atoms with E-state index in [1.807, 2.05) is 25.1 Å². The van der Waals surface area contributed by atoms with Gasteiger partial charge in [0.25, 0.3) is 0 Å². The van der Waals surface area contributed by atoms with Crippen molar-refractivity contribution in [2.75, 3.05) is 11.9 Å². The van der Waals surface area contributed by atoms with Gasteiger partial charge in [-0.3, -0.25) is 0 Å². The second kappa shape index (κ2) is 4.97. The Morgan fingerprint density at radius 2 is 2.19 bits per heavy atom. The third-order valence-corrected chi connectivity index (χ3v) is 4.82. The van der Waals surface area contributed by atoms with Crippen molar-refractivity contribution in [1.82, 2.24) is 0 Å². The molecule has 0 aromatic heterocycles. The SMILES string of the molecule is Cc1ccc(Cl)c(OCC2(CBr)CCC2)c1. The lowest BCUT2D eigenvalue weighted by Gasteiger charge is -2.40. The number of hydrogen-bond acceptors (Lipinski definition) is 1. The quantitative estimate of drug-likeness (QED) is 0.739. The zero-order chi connectivity index (χ0) is 11.6. The van der Waals surface area contributed by atoms with Gasteiger partial charge >= 0.3 is 0 Å². The van der Waals surface area contributed by atoms with E-state index in [4.69, 9.17) is 16.3 Å². The molecule has 1 fully saturated rings. The molecule has 1 aromatic carbocycles. The topological polar surface area (TPSA) is 9.23 Å². The Bertz CT molecular complexity index is 369. The standard InChI is InChI=1S/C13H16BrClO/c1-10-3-4-11(15)12(7-10)16-9-13(8-14)5-2-6-13/h3-4,7H,2,5-6,8-9H2,1H3. The lowest BCUT2D eigenvalue weighted by atomic mass is 9.71. The molecule has 1 saturated carbocycles. The van der Waals surface area contributed by atoms with Crippen LogP contribution in [0.2, 0.25) is 5.02 Å². The minimum atomic E-state index is 0.340. The molecule has 0 N–H and O–H groups in total. The van der Waals surface area contributed by atoms with Gasteiger partial charge in [-0.2, -0.15) is 0 Å². The summed E-state index contributed by atoms with van der Waals surface area (Å²) < 4.78 is 5.85. The van der Waals surface area contributed by atoms with Crippen LogP contribution < -0.4 is 4.74 Å². The highest BCUT2D eigenvalue weighted by Crippen LogP contribution is 2.43. The van der Waals surface area contributed by atoms with E-state index < -0.39 is 0 Å². The number of benzene rings is 1. The van der Waals surface area contributed by atoms with Gasteiger partial charge in [-0.25, -0.2) is 0 Å². The Hall–Kier alpha value is -0.210. The maximum atomic E-state index is 6.09.